The Bertz CT molecular complexity index is 1520. The van der Waals surface area contributed by atoms with Crippen LogP contribution in [0.15, 0.2) is 16.1 Å². The molecule has 2 fully saturated rings. The van der Waals surface area contributed by atoms with Gasteiger partial charge in [0.1, 0.15) is 6.23 Å². The second kappa shape index (κ2) is 13.5. The van der Waals surface area contributed by atoms with Gasteiger partial charge in [0.15, 0.2) is 0 Å². The molecule has 0 aliphatic carbocycles. The number of carbonyl (C=O) groups is 3. The van der Waals surface area contributed by atoms with Crippen LogP contribution in [0.1, 0.15) is 91.5 Å². The maximum atomic E-state index is 12.4. The number of allylic oxidation sites excluding steroid dienone is 1. The first kappa shape index (κ1) is 32.2. The largest absolute Gasteiger partial charge is 0.481 e. The van der Waals surface area contributed by atoms with Gasteiger partial charge in [0, 0.05) is 78.2 Å². The predicted molar refractivity (Wildman–Crippen MR) is 170 cm³/mol. The van der Waals surface area contributed by atoms with Crippen LogP contribution in [-0.4, -0.2) is 61.8 Å². The van der Waals surface area contributed by atoms with E-state index in [1.54, 1.807) is 12.0 Å². The number of carboxylic acids is 2. The lowest BCUT2D eigenvalue weighted by molar-refractivity contribution is -0.138. The van der Waals surface area contributed by atoms with E-state index in [1.165, 1.54) is 0 Å². The minimum Gasteiger partial charge on any atom is -0.481 e. The van der Waals surface area contributed by atoms with Crippen LogP contribution in [0.2, 0.25) is 0 Å². The minimum absolute atomic E-state index is 0.00119. The lowest BCUT2D eigenvalue weighted by Gasteiger charge is -2.21. The van der Waals surface area contributed by atoms with Crippen molar-refractivity contribution in [2.24, 2.45) is 16.8 Å². The van der Waals surface area contributed by atoms with Crippen LogP contribution in [0.25, 0.3) is 0 Å². The molecule has 2 aromatic heterocycles. The van der Waals surface area contributed by atoms with E-state index < -0.39 is 11.9 Å². The first-order valence-corrected chi connectivity index (χ1v) is 16.6. The number of aliphatic imine (C=N–C) groups is 1. The first-order chi connectivity index (χ1) is 21.0. The van der Waals surface area contributed by atoms with E-state index in [4.69, 9.17) is 4.18 Å². The molecule has 5 rings (SSSR count). The molecule has 3 aliphatic heterocycles. The van der Waals surface area contributed by atoms with Gasteiger partial charge in [0.05, 0.1) is 5.71 Å². The predicted octanol–water partition coefficient (Wildman–Crippen LogP) is 5.00. The molecule has 0 spiro atoms. The zero-order chi connectivity index (χ0) is 31.7. The monoisotopic (exact) mass is 624 g/mol. The lowest BCUT2D eigenvalue weighted by Crippen LogP contribution is -2.33. The molecule has 238 valence electrons. The van der Waals surface area contributed by atoms with Gasteiger partial charge < -0.3 is 20.2 Å². The number of aromatic nitrogens is 2. The summed E-state index contributed by atoms with van der Waals surface area (Å²) in [5, 5.41) is 22.7. The number of nitrogens with zero attached hydrogens (tertiary/aromatic N) is 1. The van der Waals surface area contributed by atoms with E-state index in [1.807, 2.05) is 20.8 Å². The summed E-state index contributed by atoms with van der Waals surface area (Å²) in [4.78, 5) is 47.2. The van der Waals surface area contributed by atoms with Gasteiger partial charge in [-0.25, -0.2) is 4.99 Å². The van der Waals surface area contributed by atoms with Crippen molar-refractivity contribution in [1.29, 1.82) is 0 Å². The molecular weight excluding hydrogens is 580 g/mol. The van der Waals surface area contributed by atoms with Gasteiger partial charge in [-0.2, -0.15) is 0 Å². The highest BCUT2D eigenvalue weighted by atomic mass is 32.2. The van der Waals surface area contributed by atoms with Gasteiger partial charge in [-0.15, -0.1) is 0 Å². The van der Waals surface area contributed by atoms with E-state index in [2.05, 4.69) is 34.1 Å². The topological polar surface area (TPSA) is 157 Å². The van der Waals surface area contributed by atoms with Gasteiger partial charge in [-0.3, -0.25) is 23.9 Å². The molecule has 4 atom stereocenters. The Morgan fingerprint density at radius 1 is 0.932 bits per heavy atom. The fourth-order valence-electron chi connectivity index (χ4n) is 7.38. The third-order valence-electron chi connectivity index (χ3n) is 9.91. The number of hydrogen-bond donors (Lipinski definition) is 5. The van der Waals surface area contributed by atoms with Crippen LogP contribution in [-0.2, 0) is 50.7 Å². The summed E-state index contributed by atoms with van der Waals surface area (Å²) in [5.41, 5.74) is 10.3. The third-order valence-corrected chi connectivity index (χ3v) is 10.8. The molecule has 5 heterocycles. The zero-order valence-corrected chi connectivity index (χ0v) is 27.1. The fraction of sp³-hybridized carbons (Fsp3) is 0.576. The summed E-state index contributed by atoms with van der Waals surface area (Å²) < 4.78 is 5.87. The van der Waals surface area contributed by atoms with Crippen LogP contribution in [0.4, 0.5) is 0 Å². The number of carboxylic acid groups (broad SMARTS) is 2. The van der Waals surface area contributed by atoms with Crippen molar-refractivity contribution in [2.75, 3.05) is 5.75 Å². The lowest BCUT2D eigenvalue weighted by atomic mass is 9.86. The highest BCUT2D eigenvalue weighted by Crippen LogP contribution is 2.41. The van der Waals surface area contributed by atoms with Gasteiger partial charge in [0.2, 0.25) is 0 Å². The molecule has 44 heavy (non-hydrogen) atoms. The summed E-state index contributed by atoms with van der Waals surface area (Å²) in [6.45, 7) is 10.2. The normalized spacial score (nSPS) is 23.1. The van der Waals surface area contributed by atoms with Gasteiger partial charge in [0.25, 0.3) is 5.91 Å². The standard InChI is InChI=1S/C33H44N4O6S/c1-6-19-16(3)26(36-32(19)42)12-24-17(4)21(8-10-30(38)39)28(34-24)14-29-22(9-11-31(40)41)18(5)25(35-29)13-27-20(7-2)23-15-44-43-33(23)37-27/h20,23,27,33-35,37H,6-15H2,1-5H3,(H,38,39)(H,40,41)/t20-,23-,27?,33?/m1/s1. The van der Waals surface area contributed by atoms with Crippen molar-refractivity contribution in [3.63, 3.8) is 0 Å². The van der Waals surface area contributed by atoms with Crippen molar-refractivity contribution >= 4 is 35.6 Å². The number of amides is 1. The van der Waals surface area contributed by atoms with Crippen molar-refractivity contribution in [1.82, 2.24) is 15.3 Å². The number of fused-ring (bicyclic) bond motifs is 1. The molecule has 1 amide bonds. The smallest absolute Gasteiger partial charge is 0.303 e. The Morgan fingerprint density at radius 2 is 1.55 bits per heavy atom. The molecule has 0 aromatic carbocycles. The number of aromatic amines is 2. The van der Waals surface area contributed by atoms with E-state index in [-0.39, 0.29) is 31.0 Å². The number of aliphatic carboxylic acids is 2. The van der Waals surface area contributed by atoms with Gasteiger partial charge >= 0.3 is 11.9 Å². The Kier molecular flexibility index (Phi) is 9.86. The molecule has 0 bridgehead atoms. The highest BCUT2D eigenvalue weighted by molar-refractivity contribution is 7.94. The number of rotatable bonds is 14. The molecular formula is C33H44N4O6S. The SMILES string of the molecule is CCC1=C(C)C(Cc2[nH]c(Cc3[nH]c(CC4NC5OSC[C@@H]5[C@H]4CC)c(C)c3CCC(=O)O)c(CCC(=O)O)c2C)=NC1=O. The Hall–Kier alpha value is -3.15. The van der Waals surface area contributed by atoms with Crippen molar-refractivity contribution in [3.8, 4) is 0 Å². The molecule has 2 saturated heterocycles. The van der Waals surface area contributed by atoms with Gasteiger partial charge in [-0.05, 0) is 85.8 Å². The van der Waals surface area contributed by atoms with Crippen LogP contribution in [0.3, 0.4) is 0 Å². The zero-order valence-electron chi connectivity index (χ0n) is 26.3. The molecule has 2 unspecified atom stereocenters. The quantitative estimate of drug-likeness (QED) is 0.184. The highest BCUT2D eigenvalue weighted by Gasteiger charge is 2.46. The summed E-state index contributed by atoms with van der Waals surface area (Å²) in [5.74, 6) is 0.0948. The van der Waals surface area contributed by atoms with Gasteiger partial charge in [-0.1, -0.05) is 20.3 Å². The van der Waals surface area contributed by atoms with Crippen molar-refractivity contribution in [3.05, 3.63) is 56.2 Å². The van der Waals surface area contributed by atoms with Crippen LogP contribution in [0.5, 0.6) is 0 Å². The molecule has 0 radical (unpaired) electrons. The van der Waals surface area contributed by atoms with Crippen LogP contribution < -0.4 is 5.32 Å². The Balaban J connectivity index is 1.47. The maximum Gasteiger partial charge on any atom is 0.303 e. The second-order valence-electron chi connectivity index (χ2n) is 12.3. The Labute approximate surface area is 262 Å². The van der Waals surface area contributed by atoms with E-state index in [0.717, 1.165) is 80.5 Å². The average molecular weight is 625 g/mol. The number of carbonyl (C=O) groups excluding carboxylic acids is 1. The number of nitrogens with one attached hydrogen (secondary N) is 3. The first-order valence-electron chi connectivity index (χ1n) is 15.7. The van der Waals surface area contributed by atoms with Crippen LogP contribution in [0, 0.1) is 25.7 Å². The molecule has 5 N–H and O–H groups in total. The third kappa shape index (κ3) is 6.46. The minimum atomic E-state index is -0.864. The van der Waals surface area contributed by atoms with Crippen LogP contribution >= 0.6 is 12.0 Å². The summed E-state index contributed by atoms with van der Waals surface area (Å²) in [6.07, 6.45) is 4.32. The van der Waals surface area contributed by atoms with Crippen molar-refractivity contribution < 1.29 is 28.8 Å². The van der Waals surface area contributed by atoms with E-state index in [0.29, 0.717) is 43.9 Å². The number of H-pyrrole nitrogens is 2. The second-order valence-corrected chi connectivity index (χ2v) is 13.1. The molecule has 11 heteroatoms. The molecule has 10 nitrogen and oxygen atoms in total. The molecule has 2 aromatic rings. The molecule has 3 aliphatic rings. The fourth-order valence-corrected chi connectivity index (χ4v) is 8.39. The molecule has 0 saturated carbocycles. The summed E-state index contributed by atoms with van der Waals surface area (Å²) in [7, 11) is 0. The Morgan fingerprint density at radius 3 is 2.11 bits per heavy atom. The van der Waals surface area contributed by atoms with Crippen molar-refractivity contribution in [2.45, 2.75) is 105 Å². The van der Waals surface area contributed by atoms with E-state index in [9.17, 15) is 24.6 Å². The summed E-state index contributed by atoms with van der Waals surface area (Å²) >= 11 is 1.54. The maximum absolute atomic E-state index is 12.4. The summed E-state index contributed by atoms with van der Waals surface area (Å²) in [6, 6.07) is 0.262. The average Bonchev–Trinajstić information content (AvgIpc) is 3.74. The van der Waals surface area contributed by atoms with E-state index >= 15 is 0 Å². The number of hydrogen-bond acceptors (Lipinski definition) is 6.